The van der Waals surface area contributed by atoms with Crippen molar-refractivity contribution < 1.29 is 30.6 Å². The molecule has 1 atom stereocenters. The summed E-state index contributed by atoms with van der Waals surface area (Å²) in [6, 6.07) is 0. The van der Waals surface area contributed by atoms with Gasteiger partial charge in [0.2, 0.25) is 0 Å². The standard InChI is InChI=1S/H3NO7S2/c2-1-9(3,4)8-10(5,6)7/h2H,(H,1,3,4)(H,5,6,7). The topological polar surface area (TPSA) is 133 Å². The Hall–Kier alpha value is -0.260. The summed E-state index contributed by atoms with van der Waals surface area (Å²) in [6.45, 7) is 0. The Morgan fingerprint density at radius 1 is 1.20 bits per heavy atom. The average molecular weight is 193 g/mol. The zero-order valence-electron chi connectivity index (χ0n) is 4.24. The lowest BCUT2D eigenvalue weighted by Crippen LogP contribution is -2.10. The average Bonchev–Trinajstić information content (AvgIpc) is 1.60. The molecule has 10 heteroatoms. The van der Waals surface area contributed by atoms with Gasteiger partial charge in [-0.1, -0.05) is 0 Å². The number of hydrogen-bond acceptors (Lipinski definition) is 5. The fourth-order valence-corrected chi connectivity index (χ4v) is 1.13. The highest BCUT2D eigenvalue weighted by Gasteiger charge is 2.14. The number of rotatable bonds is 2. The van der Waals surface area contributed by atoms with Crippen LogP contribution in [-0.4, -0.2) is 26.9 Å². The molecule has 0 heterocycles. The fraction of sp³-hybridized carbons (Fsp3) is 0. The van der Waals surface area contributed by atoms with Crippen molar-refractivity contribution in [2.24, 2.45) is 4.53 Å². The Kier molecular flexibility index (Phi) is 2.70. The van der Waals surface area contributed by atoms with Gasteiger partial charge in [-0.15, -0.1) is 3.63 Å². The van der Waals surface area contributed by atoms with Crippen molar-refractivity contribution in [3.05, 3.63) is 0 Å². The molecule has 0 aromatic heterocycles. The van der Waals surface area contributed by atoms with Crippen molar-refractivity contribution in [1.82, 2.24) is 0 Å². The molecule has 0 radical (unpaired) electrons. The summed E-state index contributed by atoms with van der Waals surface area (Å²) in [6.07, 6.45) is 0. The van der Waals surface area contributed by atoms with E-state index in [1.54, 1.807) is 4.53 Å². The van der Waals surface area contributed by atoms with Gasteiger partial charge in [0.25, 0.3) is 0 Å². The Balaban J connectivity index is 4.67. The van der Waals surface area contributed by atoms with E-state index in [9.17, 15) is 12.6 Å². The summed E-state index contributed by atoms with van der Waals surface area (Å²) in [7, 11) is -9.76. The maximum absolute atomic E-state index is 9.95. The van der Waals surface area contributed by atoms with Crippen LogP contribution >= 0.6 is 0 Å². The van der Waals surface area contributed by atoms with Crippen LogP contribution in [0.25, 0.3) is 0 Å². The van der Waals surface area contributed by atoms with Gasteiger partial charge >= 0.3 is 20.7 Å². The fourth-order valence-electron chi connectivity index (χ4n) is 0.126. The molecule has 1 unspecified atom stereocenters. The molecule has 62 valence electrons. The summed E-state index contributed by atoms with van der Waals surface area (Å²) in [5.74, 6) is 0. The quantitative estimate of drug-likeness (QED) is 0.380. The molecule has 10 heavy (non-hydrogen) atoms. The first-order valence-electron chi connectivity index (χ1n) is 1.58. The van der Waals surface area contributed by atoms with Gasteiger partial charge in [-0.05, 0) is 4.53 Å². The van der Waals surface area contributed by atoms with Crippen LogP contribution < -0.4 is 0 Å². The van der Waals surface area contributed by atoms with E-state index in [1.165, 1.54) is 0 Å². The van der Waals surface area contributed by atoms with Crippen LogP contribution in [0, 0.1) is 0 Å². The number of hydrogen-bond donors (Lipinski definition) is 3. The predicted octanol–water partition coefficient (Wildman–Crippen LogP) is -0.949. The maximum Gasteiger partial charge on any atom is 0.412 e. The van der Waals surface area contributed by atoms with E-state index in [4.69, 9.17) is 14.3 Å². The van der Waals surface area contributed by atoms with Gasteiger partial charge in [-0.2, -0.15) is 12.6 Å². The highest BCUT2D eigenvalue weighted by atomic mass is 32.3. The second kappa shape index (κ2) is 2.77. The highest BCUT2D eigenvalue weighted by Crippen LogP contribution is 1.96. The molecule has 0 aliphatic carbocycles. The molecule has 0 spiro atoms. The molecule has 0 fully saturated rings. The van der Waals surface area contributed by atoms with E-state index < -0.39 is 20.7 Å². The zero-order valence-corrected chi connectivity index (χ0v) is 5.87. The largest absolute Gasteiger partial charge is 0.412 e. The Morgan fingerprint density at radius 3 is 1.70 bits per heavy atom. The summed E-state index contributed by atoms with van der Waals surface area (Å²) < 4.78 is 49.5. The first-order chi connectivity index (χ1) is 4.27. The van der Waals surface area contributed by atoms with Crippen molar-refractivity contribution in [2.45, 2.75) is 0 Å². The smallest absolute Gasteiger partial charge is 0.277 e. The summed E-state index contributed by atoms with van der Waals surface area (Å²) in [4.78, 5) is 0. The van der Waals surface area contributed by atoms with Gasteiger partial charge in [-0.25, -0.2) is 0 Å². The molecule has 8 nitrogen and oxygen atoms in total. The Labute approximate surface area is 56.6 Å². The van der Waals surface area contributed by atoms with Crippen molar-refractivity contribution in [1.29, 1.82) is 0 Å². The lowest BCUT2D eigenvalue weighted by Gasteiger charge is -1.94. The van der Waals surface area contributed by atoms with Crippen LogP contribution in [0.3, 0.4) is 0 Å². The third-order valence-electron chi connectivity index (χ3n) is 0.278. The van der Waals surface area contributed by atoms with Crippen LogP contribution in [-0.2, 0) is 24.3 Å². The molecule has 0 aliphatic rings. The molecule has 0 saturated carbocycles. The van der Waals surface area contributed by atoms with E-state index in [2.05, 4.69) is 3.63 Å². The molecule has 0 aromatic carbocycles. The minimum absolute atomic E-state index is 1.63. The van der Waals surface area contributed by atoms with Crippen molar-refractivity contribution >= 4 is 20.7 Å². The molecule has 0 aromatic rings. The molecular formula is H3NO7S2. The first kappa shape index (κ1) is 9.74. The van der Waals surface area contributed by atoms with E-state index in [1.807, 2.05) is 0 Å². The minimum atomic E-state index is -5.07. The molecule has 3 N–H and O–H groups in total. The predicted molar refractivity (Wildman–Crippen MR) is 27.6 cm³/mol. The Morgan fingerprint density at radius 2 is 1.60 bits per heavy atom. The Bertz CT molecular complexity index is 300. The summed E-state index contributed by atoms with van der Waals surface area (Å²) >= 11 is 0. The van der Waals surface area contributed by atoms with Crippen LogP contribution in [0.5, 0.6) is 0 Å². The second-order valence-corrected chi connectivity index (χ2v) is 3.48. The van der Waals surface area contributed by atoms with E-state index in [-0.39, 0.29) is 0 Å². The SMILES string of the molecule is O=S(=O)(O)OS(=O)(O)=NO. The molecule has 0 saturated heterocycles. The van der Waals surface area contributed by atoms with Crippen LogP contribution in [0.2, 0.25) is 0 Å². The van der Waals surface area contributed by atoms with Gasteiger partial charge in [0.15, 0.2) is 0 Å². The van der Waals surface area contributed by atoms with Crippen LogP contribution in [0.1, 0.15) is 0 Å². The third kappa shape index (κ3) is 4.60. The van der Waals surface area contributed by atoms with Gasteiger partial charge in [-0.3, -0.25) is 14.3 Å². The van der Waals surface area contributed by atoms with Gasteiger partial charge in [0.1, 0.15) is 0 Å². The normalized spacial score (nSPS) is 17.9. The third-order valence-corrected chi connectivity index (χ3v) is 1.88. The van der Waals surface area contributed by atoms with Crippen LogP contribution in [0.15, 0.2) is 4.53 Å². The first-order valence-corrected chi connectivity index (χ1v) is 4.34. The minimum Gasteiger partial charge on any atom is -0.277 e. The molecule has 0 aliphatic heterocycles. The van der Waals surface area contributed by atoms with Crippen molar-refractivity contribution in [3.8, 4) is 0 Å². The van der Waals surface area contributed by atoms with Crippen molar-refractivity contribution in [3.63, 3.8) is 0 Å². The number of nitrogens with zero attached hydrogens (tertiary/aromatic N) is 1. The summed E-state index contributed by atoms with van der Waals surface area (Å²) in [5.41, 5.74) is 0. The van der Waals surface area contributed by atoms with Crippen LogP contribution in [0.4, 0.5) is 0 Å². The zero-order chi connectivity index (χ0) is 8.41. The summed E-state index contributed by atoms with van der Waals surface area (Å²) in [5, 5.41) is 7.56. The van der Waals surface area contributed by atoms with Crippen molar-refractivity contribution in [2.75, 3.05) is 0 Å². The molecular weight excluding hydrogens is 190 g/mol. The monoisotopic (exact) mass is 193 g/mol. The lowest BCUT2D eigenvalue weighted by molar-refractivity contribution is 0.294. The van der Waals surface area contributed by atoms with Gasteiger partial charge < -0.3 is 0 Å². The molecule has 0 rings (SSSR count). The van der Waals surface area contributed by atoms with Gasteiger partial charge in [0.05, 0.1) is 0 Å². The van der Waals surface area contributed by atoms with E-state index >= 15 is 0 Å². The maximum atomic E-state index is 9.95. The highest BCUT2D eigenvalue weighted by molar-refractivity contribution is 7.95. The van der Waals surface area contributed by atoms with E-state index in [0.29, 0.717) is 0 Å². The molecule has 0 amide bonds. The van der Waals surface area contributed by atoms with Gasteiger partial charge in [0, 0.05) is 0 Å². The van der Waals surface area contributed by atoms with E-state index in [0.717, 1.165) is 0 Å². The second-order valence-electron chi connectivity index (χ2n) is 1.03. The molecule has 0 bridgehead atoms. The lowest BCUT2D eigenvalue weighted by atomic mass is 13.6.